The van der Waals surface area contributed by atoms with Crippen LogP contribution in [-0.4, -0.2) is 18.0 Å². The fourth-order valence-electron chi connectivity index (χ4n) is 3.59. The number of rotatable bonds is 9. The van der Waals surface area contributed by atoms with Crippen LogP contribution in [0.5, 0.6) is 5.75 Å². The van der Waals surface area contributed by atoms with E-state index < -0.39 is 0 Å². The number of aldehydes is 1. The number of fused-ring (bicyclic) bond motifs is 3. The summed E-state index contributed by atoms with van der Waals surface area (Å²) in [7, 11) is 1.69. The van der Waals surface area contributed by atoms with Gasteiger partial charge in [-0.1, -0.05) is 39.0 Å². The molecular formula is C22H27NO2. The van der Waals surface area contributed by atoms with Crippen LogP contribution in [-0.2, 0) is 6.54 Å². The molecule has 0 radical (unpaired) electrons. The summed E-state index contributed by atoms with van der Waals surface area (Å²) in [5.41, 5.74) is 3.13. The van der Waals surface area contributed by atoms with Gasteiger partial charge < -0.3 is 9.30 Å². The van der Waals surface area contributed by atoms with Crippen molar-refractivity contribution in [3.8, 4) is 5.75 Å². The molecule has 0 aliphatic rings. The van der Waals surface area contributed by atoms with Gasteiger partial charge >= 0.3 is 0 Å². The predicted octanol–water partition coefficient (Wildman–Crippen LogP) is 5.98. The van der Waals surface area contributed by atoms with Crippen LogP contribution in [0.2, 0.25) is 0 Å². The summed E-state index contributed by atoms with van der Waals surface area (Å²) in [5.74, 6) is 0.850. The topological polar surface area (TPSA) is 31.2 Å². The Labute approximate surface area is 149 Å². The van der Waals surface area contributed by atoms with Gasteiger partial charge in [0.05, 0.1) is 7.11 Å². The van der Waals surface area contributed by atoms with E-state index in [1.165, 1.54) is 49.6 Å². The average Bonchev–Trinajstić information content (AvgIpc) is 2.96. The van der Waals surface area contributed by atoms with E-state index in [0.29, 0.717) is 5.56 Å². The third kappa shape index (κ3) is 3.71. The number of ether oxygens (including phenoxy) is 1. The summed E-state index contributed by atoms with van der Waals surface area (Å²) >= 11 is 0. The molecule has 0 aliphatic heterocycles. The molecule has 0 amide bonds. The summed E-state index contributed by atoms with van der Waals surface area (Å²) < 4.78 is 7.78. The summed E-state index contributed by atoms with van der Waals surface area (Å²) in [6, 6.07) is 12.2. The number of aryl methyl sites for hydroxylation is 1. The van der Waals surface area contributed by atoms with Crippen molar-refractivity contribution in [2.24, 2.45) is 0 Å². The van der Waals surface area contributed by atoms with Gasteiger partial charge in [0.1, 0.15) is 12.0 Å². The number of hydrogen-bond donors (Lipinski definition) is 0. The van der Waals surface area contributed by atoms with Crippen LogP contribution in [0.15, 0.2) is 36.4 Å². The Kier molecular flexibility index (Phi) is 5.75. The normalized spacial score (nSPS) is 11.3. The van der Waals surface area contributed by atoms with Crippen LogP contribution >= 0.6 is 0 Å². The molecule has 1 heterocycles. The van der Waals surface area contributed by atoms with E-state index in [1.807, 2.05) is 18.2 Å². The van der Waals surface area contributed by atoms with Gasteiger partial charge in [0, 0.05) is 33.9 Å². The molecule has 3 rings (SSSR count). The van der Waals surface area contributed by atoms with Gasteiger partial charge in [-0.15, -0.1) is 0 Å². The number of carbonyl (C=O) groups excluding carboxylic acids is 1. The van der Waals surface area contributed by atoms with E-state index in [1.54, 1.807) is 7.11 Å². The number of methoxy groups -OCH3 is 1. The highest BCUT2D eigenvalue weighted by Crippen LogP contribution is 2.32. The first-order chi connectivity index (χ1) is 12.3. The van der Waals surface area contributed by atoms with E-state index in [-0.39, 0.29) is 0 Å². The molecule has 1 aromatic heterocycles. The minimum absolute atomic E-state index is 0.717. The lowest BCUT2D eigenvalue weighted by atomic mass is 10.1. The molecule has 132 valence electrons. The lowest BCUT2D eigenvalue weighted by Gasteiger charge is -2.08. The fourth-order valence-corrected chi connectivity index (χ4v) is 3.59. The number of aromatic nitrogens is 1. The van der Waals surface area contributed by atoms with Crippen LogP contribution < -0.4 is 4.74 Å². The zero-order valence-electron chi connectivity index (χ0n) is 15.3. The predicted molar refractivity (Wildman–Crippen MR) is 105 cm³/mol. The molecule has 3 heteroatoms. The van der Waals surface area contributed by atoms with Crippen molar-refractivity contribution in [3.63, 3.8) is 0 Å². The van der Waals surface area contributed by atoms with E-state index in [4.69, 9.17) is 4.74 Å². The Morgan fingerprint density at radius 2 is 1.60 bits per heavy atom. The minimum Gasteiger partial charge on any atom is -0.497 e. The molecule has 25 heavy (non-hydrogen) atoms. The maximum absolute atomic E-state index is 11.2. The third-order valence-electron chi connectivity index (χ3n) is 4.97. The first-order valence-electron chi connectivity index (χ1n) is 9.33. The average molecular weight is 337 g/mol. The lowest BCUT2D eigenvalue weighted by molar-refractivity contribution is 0.112. The van der Waals surface area contributed by atoms with Gasteiger partial charge in [0.15, 0.2) is 0 Å². The van der Waals surface area contributed by atoms with Crippen LogP contribution in [0.25, 0.3) is 21.8 Å². The highest BCUT2D eigenvalue weighted by atomic mass is 16.5. The first kappa shape index (κ1) is 17.5. The Morgan fingerprint density at radius 1 is 0.920 bits per heavy atom. The molecule has 0 fully saturated rings. The fraction of sp³-hybridized carbons (Fsp3) is 0.409. The molecule has 2 aromatic carbocycles. The largest absolute Gasteiger partial charge is 0.497 e. The van der Waals surface area contributed by atoms with Gasteiger partial charge in [-0.05, 0) is 42.8 Å². The summed E-state index contributed by atoms with van der Waals surface area (Å²) in [6.07, 6.45) is 8.64. The maximum atomic E-state index is 11.2. The van der Waals surface area contributed by atoms with Crippen molar-refractivity contribution in [1.82, 2.24) is 4.57 Å². The van der Waals surface area contributed by atoms with Crippen LogP contribution in [0.3, 0.4) is 0 Å². The zero-order chi connectivity index (χ0) is 17.6. The third-order valence-corrected chi connectivity index (χ3v) is 4.97. The molecule has 0 bridgehead atoms. The zero-order valence-corrected chi connectivity index (χ0v) is 15.3. The standard InChI is InChI=1S/C22H27NO2/c1-3-4-5-6-7-8-13-23-21-11-9-17(16-24)14-19(21)20-15-18(25-2)10-12-22(20)23/h9-12,14-16H,3-8,13H2,1-2H3. The summed E-state index contributed by atoms with van der Waals surface area (Å²) in [5, 5.41) is 2.29. The second-order valence-electron chi connectivity index (χ2n) is 6.70. The van der Waals surface area contributed by atoms with E-state index in [2.05, 4.69) is 29.7 Å². The number of hydrogen-bond acceptors (Lipinski definition) is 2. The van der Waals surface area contributed by atoms with Gasteiger partial charge in [-0.2, -0.15) is 0 Å². The minimum atomic E-state index is 0.717. The van der Waals surface area contributed by atoms with Crippen molar-refractivity contribution >= 4 is 28.1 Å². The molecule has 0 aliphatic carbocycles. The van der Waals surface area contributed by atoms with Crippen molar-refractivity contribution < 1.29 is 9.53 Å². The van der Waals surface area contributed by atoms with E-state index in [0.717, 1.165) is 29.4 Å². The maximum Gasteiger partial charge on any atom is 0.150 e. The van der Waals surface area contributed by atoms with Crippen LogP contribution in [0.4, 0.5) is 0 Å². The molecule has 0 unspecified atom stereocenters. The molecule has 0 spiro atoms. The Balaban J connectivity index is 1.93. The van der Waals surface area contributed by atoms with Crippen molar-refractivity contribution in [2.45, 2.75) is 52.0 Å². The Bertz CT molecular complexity index is 863. The quantitative estimate of drug-likeness (QED) is 0.355. The molecule has 0 saturated heterocycles. The molecule has 3 aromatic rings. The molecule has 0 N–H and O–H groups in total. The summed E-state index contributed by atoms with van der Waals surface area (Å²) in [6.45, 7) is 3.26. The van der Waals surface area contributed by atoms with Crippen molar-refractivity contribution in [2.75, 3.05) is 7.11 Å². The first-order valence-corrected chi connectivity index (χ1v) is 9.33. The molecule has 3 nitrogen and oxygen atoms in total. The number of carbonyl (C=O) groups is 1. The Hall–Kier alpha value is -2.29. The number of nitrogens with zero attached hydrogens (tertiary/aromatic N) is 1. The van der Waals surface area contributed by atoms with E-state index >= 15 is 0 Å². The second-order valence-corrected chi connectivity index (χ2v) is 6.70. The lowest BCUT2D eigenvalue weighted by Crippen LogP contribution is -1.98. The highest BCUT2D eigenvalue weighted by molar-refractivity contribution is 6.09. The smallest absolute Gasteiger partial charge is 0.150 e. The molecule has 0 saturated carbocycles. The van der Waals surface area contributed by atoms with Gasteiger partial charge in [0.25, 0.3) is 0 Å². The van der Waals surface area contributed by atoms with E-state index in [9.17, 15) is 4.79 Å². The highest BCUT2D eigenvalue weighted by Gasteiger charge is 2.12. The van der Waals surface area contributed by atoms with Crippen LogP contribution in [0, 0.1) is 0 Å². The SMILES string of the molecule is CCCCCCCCn1c2ccc(C=O)cc2c2cc(OC)ccc21. The molecular weight excluding hydrogens is 310 g/mol. The van der Waals surface area contributed by atoms with Crippen molar-refractivity contribution in [1.29, 1.82) is 0 Å². The monoisotopic (exact) mass is 337 g/mol. The van der Waals surface area contributed by atoms with Gasteiger partial charge in [-0.25, -0.2) is 0 Å². The molecule has 0 atom stereocenters. The number of unbranched alkanes of at least 4 members (excludes halogenated alkanes) is 5. The number of benzene rings is 2. The van der Waals surface area contributed by atoms with Crippen molar-refractivity contribution in [3.05, 3.63) is 42.0 Å². The second kappa shape index (κ2) is 8.19. The Morgan fingerprint density at radius 3 is 2.32 bits per heavy atom. The van der Waals surface area contributed by atoms with Gasteiger partial charge in [0.2, 0.25) is 0 Å². The van der Waals surface area contributed by atoms with Gasteiger partial charge in [-0.3, -0.25) is 4.79 Å². The van der Waals surface area contributed by atoms with Crippen LogP contribution in [0.1, 0.15) is 55.8 Å². The summed E-state index contributed by atoms with van der Waals surface area (Å²) in [4.78, 5) is 11.2.